The molecule has 0 spiro atoms. The minimum atomic E-state index is -4.13. The van der Waals surface area contributed by atoms with Crippen LogP contribution in [-0.2, 0) is 6.54 Å². The van der Waals surface area contributed by atoms with E-state index in [9.17, 15) is 13.2 Å². The summed E-state index contributed by atoms with van der Waals surface area (Å²) in [6.45, 7) is 0.570. The van der Waals surface area contributed by atoms with Crippen LogP contribution in [0.2, 0.25) is 0 Å². The van der Waals surface area contributed by atoms with Gasteiger partial charge in [-0.05, 0) is 19.5 Å². The molecule has 0 aliphatic carbocycles. The highest BCUT2D eigenvalue weighted by Gasteiger charge is 2.26. The molecule has 96 valence electrons. The summed E-state index contributed by atoms with van der Waals surface area (Å²) in [5.41, 5.74) is 0.746. The second kappa shape index (κ2) is 6.39. The zero-order chi connectivity index (χ0) is 12.7. The highest BCUT2D eigenvalue weighted by molar-refractivity contribution is 5.11. The van der Waals surface area contributed by atoms with Crippen LogP contribution in [0.25, 0.3) is 0 Å². The van der Waals surface area contributed by atoms with Crippen LogP contribution >= 0.6 is 0 Å². The van der Waals surface area contributed by atoms with Gasteiger partial charge in [-0.1, -0.05) is 0 Å². The molecule has 1 heterocycles. The standard InChI is InChI=1S/C10H14F3N3O/c1-14-7-8-3-4-9(16-15-8)17-6-2-5-10(11,12)13/h3-4,14H,2,5-7H2,1H3. The van der Waals surface area contributed by atoms with Crippen LogP contribution in [0.1, 0.15) is 18.5 Å². The van der Waals surface area contributed by atoms with E-state index in [-0.39, 0.29) is 18.9 Å². The van der Waals surface area contributed by atoms with Crippen LogP contribution in [0, 0.1) is 0 Å². The summed E-state index contributed by atoms with van der Waals surface area (Å²) in [6, 6.07) is 3.30. The normalized spacial score (nSPS) is 11.5. The Hall–Kier alpha value is -1.37. The van der Waals surface area contributed by atoms with Gasteiger partial charge in [0.1, 0.15) is 0 Å². The second-order valence-electron chi connectivity index (χ2n) is 3.46. The van der Waals surface area contributed by atoms with Crippen LogP contribution in [0.15, 0.2) is 12.1 Å². The van der Waals surface area contributed by atoms with Crippen molar-refractivity contribution < 1.29 is 17.9 Å². The molecule has 4 nitrogen and oxygen atoms in total. The van der Waals surface area contributed by atoms with Gasteiger partial charge >= 0.3 is 6.18 Å². The van der Waals surface area contributed by atoms with Gasteiger partial charge in [0.15, 0.2) is 0 Å². The van der Waals surface area contributed by atoms with Gasteiger partial charge in [0.2, 0.25) is 5.88 Å². The van der Waals surface area contributed by atoms with Crippen molar-refractivity contribution in [2.24, 2.45) is 0 Å². The fourth-order valence-electron chi connectivity index (χ4n) is 1.15. The smallest absolute Gasteiger partial charge is 0.389 e. The van der Waals surface area contributed by atoms with Gasteiger partial charge in [-0.15, -0.1) is 5.10 Å². The van der Waals surface area contributed by atoms with Crippen LogP contribution in [0.5, 0.6) is 5.88 Å². The number of nitrogens with one attached hydrogen (secondary N) is 1. The Morgan fingerprint density at radius 2 is 2.06 bits per heavy atom. The van der Waals surface area contributed by atoms with Crippen LogP contribution in [0.4, 0.5) is 13.2 Å². The third-order valence-corrected chi connectivity index (χ3v) is 1.91. The maximum atomic E-state index is 11.8. The molecule has 1 rings (SSSR count). The van der Waals surface area contributed by atoms with Crippen molar-refractivity contribution in [3.05, 3.63) is 17.8 Å². The Morgan fingerprint density at radius 1 is 1.29 bits per heavy atom. The summed E-state index contributed by atoms with van der Waals surface area (Å²) in [6.07, 6.45) is -5.06. The average Bonchev–Trinajstić information content (AvgIpc) is 2.26. The summed E-state index contributed by atoms with van der Waals surface area (Å²) in [5.74, 6) is 0.243. The third kappa shape index (κ3) is 6.06. The molecule has 0 fully saturated rings. The van der Waals surface area contributed by atoms with Crippen molar-refractivity contribution in [3.8, 4) is 5.88 Å². The van der Waals surface area contributed by atoms with Crippen LogP contribution < -0.4 is 10.1 Å². The average molecular weight is 249 g/mol. The van der Waals surface area contributed by atoms with Crippen molar-refractivity contribution in [3.63, 3.8) is 0 Å². The zero-order valence-corrected chi connectivity index (χ0v) is 9.42. The number of rotatable bonds is 6. The van der Waals surface area contributed by atoms with E-state index in [1.165, 1.54) is 0 Å². The first kappa shape index (κ1) is 13.7. The first-order valence-electron chi connectivity index (χ1n) is 5.18. The van der Waals surface area contributed by atoms with Crippen molar-refractivity contribution >= 4 is 0 Å². The molecular formula is C10H14F3N3O. The van der Waals surface area contributed by atoms with E-state index in [2.05, 4.69) is 15.5 Å². The SMILES string of the molecule is CNCc1ccc(OCCCC(F)(F)F)nn1. The highest BCUT2D eigenvalue weighted by atomic mass is 19.4. The molecule has 0 aliphatic rings. The van der Waals surface area contributed by atoms with Gasteiger partial charge in [0.05, 0.1) is 12.3 Å². The van der Waals surface area contributed by atoms with Crippen LogP contribution in [0.3, 0.4) is 0 Å². The summed E-state index contributed by atoms with van der Waals surface area (Å²) in [7, 11) is 1.78. The van der Waals surface area contributed by atoms with Gasteiger partial charge in [-0.25, -0.2) is 0 Å². The fraction of sp³-hybridized carbons (Fsp3) is 0.600. The predicted octanol–water partition coefficient (Wildman–Crippen LogP) is 1.92. The molecule has 7 heteroatoms. The first-order valence-corrected chi connectivity index (χ1v) is 5.18. The minimum Gasteiger partial charge on any atom is -0.477 e. The number of aromatic nitrogens is 2. The Kier molecular flexibility index (Phi) is 5.14. The Labute approximate surface area is 97.2 Å². The summed E-state index contributed by atoms with van der Waals surface area (Å²) < 4.78 is 40.5. The Morgan fingerprint density at radius 3 is 2.59 bits per heavy atom. The summed E-state index contributed by atoms with van der Waals surface area (Å²) >= 11 is 0. The maximum Gasteiger partial charge on any atom is 0.389 e. The predicted molar refractivity (Wildman–Crippen MR) is 55.6 cm³/mol. The second-order valence-corrected chi connectivity index (χ2v) is 3.46. The van der Waals surface area contributed by atoms with Crippen LogP contribution in [-0.4, -0.2) is 30.0 Å². The van der Waals surface area contributed by atoms with Crippen molar-refractivity contribution in [1.82, 2.24) is 15.5 Å². The lowest BCUT2D eigenvalue weighted by Gasteiger charge is -2.07. The molecule has 0 bridgehead atoms. The molecule has 1 aromatic rings. The number of nitrogens with zero attached hydrogens (tertiary/aromatic N) is 2. The molecule has 0 radical (unpaired) electrons. The summed E-state index contributed by atoms with van der Waals surface area (Å²) in [5, 5.41) is 10.5. The van der Waals surface area contributed by atoms with Crippen molar-refractivity contribution in [1.29, 1.82) is 0 Å². The third-order valence-electron chi connectivity index (χ3n) is 1.91. The Bertz CT molecular complexity index is 327. The summed E-state index contributed by atoms with van der Waals surface area (Å²) in [4.78, 5) is 0. The van der Waals surface area contributed by atoms with Gasteiger partial charge in [-0.3, -0.25) is 0 Å². The molecule has 1 N–H and O–H groups in total. The van der Waals surface area contributed by atoms with Gasteiger partial charge in [0.25, 0.3) is 0 Å². The lowest BCUT2D eigenvalue weighted by atomic mass is 10.3. The largest absolute Gasteiger partial charge is 0.477 e. The van der Waals surface area contributed by atoms with E-state index in [0.717, 1.165) is 5.69 Å². The van der Waals surface area contributed by atoms with E-state index in [4.69, 9.17) is 4.74 Å². The molecule has 0 saturated carbocycles. The van der Waals surface area contributed by atoms with E-state index in [0.29, 0.717) is 6.54 Å². The molecule has 0 saturated heterocycles. The van der Waals surface area contributed by atoms with Gasteiger partial charge in [-0.2, -0.15) is 18.3 Å². The number of hydrogen-bond donors (Lipinski definition) is 1. The fourth-order valence-corrected chi connectivity index (χ4v) is 1.15. The van der Waals surface area contributed by atoms with Gasteiger partial charge < -0.3 is 10.1 Å². The molecule has 0 atom stereocenters. The molecule has 1 aromatic heterocycles. The van der Waals surface area contributed by atoms with E-state index in [1.54, 1.807) is 19.2 Å². The lowest BCUT2D eigenvalue weighted by Crippen LogP contribution is -2.11. The Balaban J connectivity index is 2.27. The molecule has 0 aromatic carbocycles. The minimum absolute atomic E-state index is 0.0143. The van der Waals surface area contributed by atoms with Crippen molar-refractivity contribution in [2.45, 2.75) is 25.6 Å². The maximum absolute atomic E-state index is 11.8. The number of alkyl halides is 3. The zero-order valence-electron chi connectivity index (χ0n) is 9.42. The topological polar surface area (TPSA) is 47.0 Å². The molecule has 0 unspecified atom stereocenters. The molecule has 0 aliphatic heterocycles. The number of halogens is 3. The molecule has 17 heavy (non-hydrogen) atoms. The highest BCUT2D eigenvalue weighted by Crippen LogP contribution is 2.21. The van der Waals surface area contributed by atoms with E-state index in [1.807, 2.05) is 0 Å². The van der Waals surface area contributed by atoms with E-state index >= 15 is 0 Å². The quantitative estimate of drug-likeness (QED) is 0.782. The van der Waals surface area contributed by atoms with Crippen molar-refractivity contribution in [2.75, 3.05) is 13.7 Å². The lowest BCUT2D eigenvalue weighted by molar-refractivity contribution is -0.136. The molecular weight excluding hydrogens is 235 g/mol. The van der Waals surface area contributed by atoms with E-state index < -0.39 is 12.6 Å². The molecule has 0 amide bonds. The number of ether oxygens (including phenoxy) is 1. The first-order chi connectivity index (χ1) is 8.01. The monoisotopic (exact) mass is 249 g/mol. The van der Waals surface area contributed by atoms with Gasteiger partial charge in [0, 0.05) is 19.0 Å². The number of hydrogen-bond acceptors (Lipinski definition) is 4.